The molecule has 1 fully saturated rings. The van der Waals surface area contributed by atoms with Crippen molar-refractivity contribution in [2.45, 2.75) is 131 Å². The number of nitrogens with one attached hydrogen (secondary N) is 2. The Morgan fingerprint density at radius 1 is 0.941 bits per heavy atom. The molecule has 0 aromatic heterocycles. The molecule has 0 aliphatic carbocycles. The molecule has 0 saturated carbocycles. The number of methoxy groups -OCH3 is 1. The number of likely N-dealkylation sites (N-methyl/N-ethyl adjacent to an activating group) is 2. The monoisotopic (exact) mass is 712 g/mol. The highest BCUT2D eigenvalue weighted by Gasteiger charge is 2.40. The molecule has 51 heavy (non-hydrogen) atoms. The molecule has 1 aliphatic heterocycles. The van der Waals surface area contributed by atoms with E-state index in [9.17, 15) is 19.2 Å². The van der Waals surface area contributed by atoms with Gasteiger partial charge in [-0.3, -0.25) is 24.1 Å². The molecule has 0 radical (unpaired) electrons. The van der Waals surface area contributed by atoms with Crippen molar-refractivity contribution in [3.8, 4) is 0 Å². The van der Waals surface area contributed by atoms with Crippen LogP contribution in [0.4, 0.5) is 0 Å². The Balaban J connectivity index is 2.17. The van der Waals surface area contributed by atoms with Crippen molar-refractivity contribution in [3.05, 3.63) is 42.5 Å². The quantitative estimate of drug-likeness (QED) is 0.182. The normalized spacial score (nSPS) is 18.9. The molecule has 1 aromatic carbocycles. The summed E-state index contributed by atoms with van der Waals surface area (Å²) in [5, 5.41) is 6.20. The van der Waals surface area contributed by atoms with Crippen LogP contribution in [0.15, 0.2) is 36.9 Å². The molecule has 0 unspecified atom stereocenters. The molecule has 10 heteroatoms. The van der Waals surface area contributed by atoms with Crippen molar-refractivity contribution in [3.63, 3.8) is 0 Å². The first-order chi connectivity index (χ1) is 24.0. The third-order valence-electron chi connectivity index (χ3n) is 11.0. The first-order valence-corrected chi connectivity index (χ1v) is 19.1. The smallest absolute Gasteiger partial charge is 0.245 e. The zero-order chi connectivity index (χ0) is 38.6. The molecule has 0 bridgehead atoms. The van der Waals surface area contributed by atoms with Crippen molar-refractivity contribution < 1.29 is 23.9 Å². The summed E-state index contributed by atoms with van der Waals surface area (Å²) < 4.78 is 6.02. The number of likely N-dealkylation sites (tertiary alicyclic amines) is 1. The van der Waals surface area contributed by atoms with Gasteiger partial charge in [0.25, 0.3) is 0 Å². The van der Waals surface area contributed by atoms with E-state index in [1.54, 1.807) is 19.1 Å². The minimum Gasteiger partial charge on any atom is -0.379 e. The van der Waals surface area contributed by atoms with Crippen LogP contribution in [0.2, 0.25) is 0 Å². The average molecular weight is 712 g/mol. The lowest BCUT2D eigenvalue weighted by Gasteiger charge is -2.41. The second kappa shape index (κ2) is 20.7. The molecular formula is C41H69N5O5. The van der Waals surface area contributed by atoms with Crippen LogP contribution in [0.1, 0.15) is 100.0 Å². The topological polar surface area (TPSA) is 111 Å². The molecule has 1 aliphatic rings. The number of carbonyl (C=O) groups excluding carboxylic acids is 4. The highest BCUT2D eigenvalue weighted by molar-refractivity contribution is 5.90. The summed E-state index contributed by atoms with van der Waals surface area (Å²) in [6.45, 7) is 23.5. The average Bonchev–Trinajstić information content (AvgIpc) is 3.57. The van der Waals surface area contributed by atoms with E-state index < -0.39 is 18.2 Å². The zero-order valence-corrected chi connectivity index (χ0v) is 33.7. The van der Waals surface area contributed by atoms with E-state index in [-0.39, 0.29) is 71.8 Å². The maximum atomic E-state index is 14.2. The Bertz CT molecular complexity index is 1290. The first-order valence-electron chi connectivity index (χ1n) is 19.1. The molecule has 2 N–H and O–H groups in total. The lowest BCUT2D eigenvalue weighted by atomic mass is 9.89. The fraction of sp³-hybridized carbons (Fsp3) is 0.707. The summed E-state index contributed by atoms with van der Waals surface area (Å²) in [6, 6.07) is 8.08. The Morgan fingerprint density at radius 2 is 1.57 bits per heavy atom. The van der Waals surface area contributed by atoms with E-state index >= 15 is 0 Å². The molecule has 4 amide bonds. The Morgan fingerprint density at radius 3 is 2.10 bits per heavy atom. The summed E-state index contributed by atoms with van der Waals surface area (Å²) in [5.41, 5.74) is 1.84. The number of nitrogens with zero attached hydrogens (tertiary/aromatic N) is 3. The van der Waals surface area contributed by atoms with E-state index in [4.69, 9.17) is 4.74 Å². The lowest BCUT2D eigenvalue weighted by molar-refractivity contribution is -0.146. The standard InChI is InChI=1S/C41H69N5O5/c1-14-28(7)38(45(12)41(50)36(26(3)4)43-40(49)37(27(5)6)44(11)15-2)34(51-13)25-35(47)46-23-19-22-33(46)24-29(8)39(48)42-31(10)30(9)32-20-17-16-18-21-32/h16-18,20-21,26-29,31,33-34,36-38H,9,14-15,19,22-25H2,1-8,10-13H3,(H,42,48)(H,43,49)/t28-,29+,31+,33-,34+,36-,37-,38-/m0/s1. The van der Waals surface area contributed by atoms with Gasteiger partial charge in [0.1, 0.15) is 6.04 Å². The second-order valence-corrected chi connectivity index (χ2v) is 15.4. The number of rotatable bonds is 20. The fourth-order valence-electron chi connectivity index (χ4n) is 7.47. The van der Waals surface area contributed by atoms with Crippen LogP contribution >= 0.6 is 0 Å². The van der Waals surface area contributed by atoms with E-state index in [2.05, 4.69) is 31.1 Å². The van der Waals surface area contributed by atoms with Crippen LogP contribution in [0.3, 0.4) is 0 Å². The van der Waals surface area contributed by atoms with Gasteiger partial charge in [0.05, 0.1) is 30.7 Å². The SMILES string of the molecule is C=C(c1ccccc1)[C@@H](C)NC(=O)[C@H](C)C[C@@H]1CCCN1C(=O)C[C@@H](OC)[C@H]([C@@H](C)CC)N(C)C(=O)[C@@H](NC(=O)[C@H](C(C)C)N(C)CC)C(C)C. The van der Waals surface area contributed by atoms with Gasteiger partial charge < -0.3 is 25.2 Å². The summed E-state index contributed by atoms with van der Waals surface area (Å²) >= 11 is 0. The zero-order valence-electron chi connectivity index (χ0n) is 33.7. The highest BCUT2D eigenvalue weighted by Crippen LogP contribution is 2.28. The number of amides is 4. The molecule has 8 atom stereocenters. The molecule has 10 nitrogen and oxygen atoms in total. The predicted molar refractivity (Wildman–Crippen MR) is 207 cm³/mol. The molecule has 288 valence electrons. The van der Waals surface area contributed by atoms with Crippen LogP contribution in [0.5, 0.6) is 0 Å². The summed E-state index contributed by atoms with van der Waals surface area (Å²) in [4.78, 5) is 60.6. The van der Waals surface area contributed by atoms with Gasteiger partial charge in [0.2, 0.25) is 23.6 Å². The maximum Gasteiger partial charge on any atom is 0.245 e. The second-order valence-electron chi connectivity index (χ2n) is 15.4. The predicted octanol–water partition coefficient (Wildman–Crippen LogP) is 5.62. The third-order valence-corrected chi connectivity index (χ3v) is 11.0. The van der Waals surface area contributed by atoms with Gasteiger partial charge in [-0.2, -0.15) is 0 Å². The van der Waals surface area contributed by atoms with Crippen LogP contribution in [-0.2, 0) is 23.9 Å². The molecular weight excluding hydrogens is 642 g/mol. The number of hydrogen-bond donors (Lipinski definition) is 2. The minimum absolute atomic E-state index is 0.0283. The number of carbonyl (C=O) groups is 4. The van der Waals surface area contributed by atoms with Gasteiger partial charge in [-0.1, -0.05) is 98.7 Å². The van der Waals surface area contributed by atoms with Gasteiger partial charge in [0, 0.05) is 32.7 Å². The first kappa shape index (κ1) is 43.9. The molecule has 2 rings (SSSR count). The highest BCUT2D eigenvalue weighted by atomic mass is 16.5. The van der Waals surface area contributed by atoms with Crippen molar-refractivity contribution in [2.75, 3.05) is 34.3 Å². The van der Waals surface area contributed by atoms with Gasteiger partial charge in [-0.25, -0.2) is 0 Å². The van der Waals surface area contributed by atoms with Crippen LogP contribution in [0, 0.1) is 23.7 Å². The van der Waals surface area contributed by atoms with E-state index in [0.717, 1.165) is 30.4 Å². The fourth-order valence-corrected chi connectivity index (χ4v) is 7.47. The summed E-state index contributed by atoms with van der Waals surface area (Å²) in [5.74, 6) is -0.781. The van der Waals surface area contributed by atoms with Gasteiger partial charge in [-0.05, 0) is 68.7 Å². The van der Waals surface area contributed by atoms with Gasteiger partial charge >= 0.3 is 0 Å². The summed E-state index contributed by atoms with van der Waals surface area (Å²) in [7, 11) is 5.29. The number of ether oxygens (including phenoxy) is 1. The van der Waals surface area contributed by atoms with Crippen molar-refractivity contribution in [1.29, 1.82) is 0 Å². The Labute approximate surface area is 309 Å². The summed E-state index contributed by atoms with van der Waals surface area (Å²) in [6.07, 6.45) is 2.61. The Kier molecular flexibility index (Phi) is 17.8. The van der Waals surface area contributed by atoms with Gasteiger partial charge in [0.15, 0.2) is 0 Å². The minimum atomic E-state index is -0.725. The van der Waals surface area contributed by atoms with E-state index in [0.29, 0.717) is 19.5 Å². The lowest BCUT2D eigenvalue weighted by Crippen LogP contribution is -2.60. The Hall–Kier alpha value is -3.24. The largest absolute Gasteiger partial charge is 0.379 e. The van der Waals surface area contributed by atoms with Gasteiger partial charge in [-0.15, -0.1) is 0 Å². The molecule has 1 aromatic rings. The van der Waals surface area contributed by atoms with Crippen LogP contribution in [-0.4, -0.2) is 109 Å². The van der Waals surface area contributed by atoms with E-state index in [1.807, 2.05) is 95.6 Å². The molecule has 1 saturated heterocycles. The number of benzene rings is 1. The van der Waals surface area contributed by atoms with Crippen molar-refractivity contribution >= 4 is 29.2 Å². The van der Waals surface area contributed by atoms with Crippen molar-refractivity contribution in [2.24, 2.45) is 23.7 Å². The van der Waals surface area contributed by atoms with Crippen LogP contribution in [0.25, 0.3) is 5.57 Å². The maximum absolute atomic E-state index is 14.2. The third kappa shape index (κ3) is 11.9. The molecule has 1 heterocycles. The van der Waals surface area contributed by atoms with E-state index in [1.165, 1.54) is 0 Å². The number of hydrogen-bond acceptors (Lipinski definition) is 6. The van der Waals surface area contributed by atoms with Crippen LogP contribution < -0.4 is 10.6 Å². The van der Waals surface area contributed by atoms with Crippen molar-refractivity contribution in [1.82, 2.24) is 25.3 Å². The molecule has 0 spiro atoms.